The van der Waals surface area contributed by atoms with E-state index in [2.05, 4.69) is 6.92 Å². The zero-order chi connectivity index (χ0) is 19.1. The Morgan fingerprint density at radius 2 is 1.92 bits per heavy atom. The Balaban J connectivity index is 2.44. The van der Waals surface area contributed by atoms with Crippen LogP contribution in [0.5, 0.6) is 11.5 Å². The van der Waals surface area contributed by atoms with E-state index in [0.29, 0.717) is 34.3 Å². The molecule has 0 saturated carbocycles. The van der Waals surface area contributed by atoms with Crippen LogP contribution in [0.4, 0.5) is 0 Å². The number of methoxy groups -OCH3 is 1. The van der Waals surface area contributed by atoms with Crippen LogP contribution in [-0.4, -0.2) is 19.7 Å². The van der Waals surface area contributed by atoms with Crippen LogP contribution in [0, 0.1) is 6.92 Å². The van der Waals surface area contributed by atoms with E-state index < -0.39 is 5.97 Å². The normalized spacial score (nSPS) is 11.9. The van der Waals surface area contributed by atoms with E-state index in [4.69, 9.17) is 25.8 Å². The second-order valence-corrected chi connectivity index (χ2v) is 6.44. The zero-order valence-electron chi connectivity index (χ0n) is 15.7. The number of halogens is 1. The average Bonchev–Trinajstić information content (AvgIpc) is 2.64. The molecule has 2 rings (SSSR count). The number of carbonyl (C=O) groups excluding carboxylic acids is 1. The van der Waals surface area contributed by atoms with Gasteiger partial charge in [-0.25, -0.2) is 4.79 Å². The first-order valence-corrected chi connectivity index (χ1v) is 9.13. The summed E-state index contributed by atoms with van der Waals surface area (Å²) in [5, 5.41) is 0.488. The van der Waals surface area contributed by atoms with Crippen LogP contribution in [0.25, 0.3) is 0 Å². The van der Waals surface area contributed by atoms with Crippen LogP contribution in [0.2, 0.25) is 5.02 Å². The number of hydrogen-bond donors (Lipinski definition) is 0. The molecule has 2 aromatic carbocycles. The lowest BCUT2D eigenvalue weighted by atomic mass is 10.0. The van der Waals surface area contributed by atoms with Gasteiger partial charge in [-0.05, 0) is 44.0 Å². The predicted octanol–water partition coefficient (Wildman–Crippen LogP) is 5.75. The highest BCUT2D eigenvalue weighted by atomic mass is 35.5. The van der Waals surface area contributed by atoms with E-state index in [1.165, 1.54) is 0 Å². The second-order valence-electron chi connectivity index (χ2n) is 6.06. The summed E-state index contributed by atoms with van der Waals surface area (Å²) in [5.41, 5.74) is 1.76. The third-order valence-corrected chi connectivity index (χ3v) is 4.70. The molecule has 0 aromatic heterocycles. The number of esters is 1. The van der Waals surface area contributed by atoms with Gasteiger partial charge in [0.15, 0.2) is 0 Å². The van der Waals surface area contributed by atoms with E-state index >= 15 is 0 Å². The number of carbonyl (C=O) groups is 1. The van der Waals surface area contributed by atoms with Crippen molar-refractivity contribution in [3.63, 3.8) is 0 Å². The van der Waals surface area contributed by atoms with Gasteiger partial charge < -0.3 is 14.2 Å². The first-order chi connectivity index (χ1) is 12.5. The Hall–Kier alpha value is -2.04. The van der Waals surface area contributed by atoms with Gasteiger partial charge in [0.1, 0.15) is 17.1 Å². The summed E-state index contributed by atoms with van der Waals surface area (Å²) in [5.74, 6) is 0.459. The van der Waals surface area contributed by atoms with Gasteiger partial charge in [-0.15, -0.1) is 0 Å². The standard InChI is InChI=1S/C21H25ClO4/c1-5-6-12-25-18-13-17(15(3)24-4)20(22)14(2)19(18)21(23)26-16-10-8-7-9-11-16/h7-11,13,15H,5-6,12H2,1-4H3. The van der Waals surface area contributed by atoms with Gasteiger partial charge in [-0.2, -0.15) is 0 Å². The molecule has 2 aromatic rings. The van der Waals surface area contributed by atoms with Gasteiger partial charge in [0.25, 0.3) is 0 Å². The van der Waals surface area contributed by atoms with Crippen molar-refractivity contribution in [3.05, 3.63) is 58.1 Å². The van der Waals surface area contributed by atoms with Crippen molar-refractivity contribution >= 4 is 17.6 Å². The molecule has 0 saturated heterocycles. The summed E-state index contributed by atoms with van der Waals surface area (Å²) >= 11 is 6.51. The van der Waals surface area contributed by atoms with E-state index in [0.717, 1.165) is 18.4 Å². The predicted molar refractivity (Wildman–Crippen MR) is 103 cm³/mol. The van der Waals surface area contributed by atoms with E-state index in [-0.39, 0.29) is 6.10 Å². The van der Waals surface area contributed by atoms with Crippen molar-refractivity contribution in [2.75, 3.05) is 13.7 Å². The number of para-hydroxylation sites is 1. The van der Waals surface area contributed by atoms with Crippen molar-refractivity contribution in [2.24, 2.45) is 0 Å². The fourth-order valence-corrected chi connectivity index (χ4v) is 2.85. The molecule has 0 radical (unpaired) electrons. The molecule has 0 spiro atoms. The molecule has 1 atom stereocenters. The average molecular weight is 377 g/mol. The minimum absolute atomic E-state index is 0.214. The lowest BCUT2D eigenvalue weighted by Crippen LogP contribution is -2.15. The van der Waals surface area contributed by atoms with Crippen LogP contribution in [0.3, 0.4) is 0 Å². The van der Waals surface area contributed by atoms with Crippen molar-refractivity contribution in [1.29, 1.82) is 0 Å². The Morgan fingerprint density at radius 3 is 2.54 bits per heavy atom. The zero-order valence-corrected chi connectivity index (χ0v) is 16.4. The minimum Gasteiger partial charge on any atom is -0.493 e. The molecule has 0 bridgehead atoms. The van der Waals surface area contributed by atoms with Gasteiger partial charge in [0.2, 0.25) is 0 Å². The molecule has 0 amide bonds. The molecule has 0 aliphatic heterocycles. The summed E-state index contributed by atoms with van der Waals surface area (Å²) < 4.78 is 16.8. The van der Waals surface area contributed by atoms with Gasteiger partial charge in [-0.3, -0.25) is 0 Å². The van der Waals surface area contributed by atoms with E-state index in [9.17, 15) is 4.79 Å². The monoisotopic (exact) mass is 376 g/mol. The summed E-state index contributed by atoms with van der Waals surface area (Å²) in [6, 6.07) is 10.7. The molecule has 140 valence electrons. The molecular weight excluding hydrogens is 352 g/mol. The Morgan fingerprint density at radius 1 is 1.23 bits per heavy atom. The summed E-state index contributed by atoms with van der Waals surface area (Å²) in [6.45, 7) is 6.30. The first-order valence-electron chi connectivity index (χ1n) is 8.75. The molecule has 5 heteroatoms. The van der Waals surface area contributed by atoms with Crippen molar-refractivity contribution in [3.8, 4) is 11.5 Å². The number of hydrogen-bond acceptors (Lipinski definition) is 4. The Labute approximate surface area is 160 Å². The molecule has 4 nitrogen and oxygen atoms in total. The maximum Gasteiger partial charge on any atom is 0.347 e. The van der Waals surface area contributed by atoms with Crippen LogP contribution < -0.4 is 9.47 Å². The van der Waals surface area contributed by atoms with Gasteiger partial charge >= 0.3 is 5.97 Å². The smallest absolute Gasteiger partial charge is 0.347 e. The van der Waals surface area contributed by atoms with Crippen LogP contribution >= 0.6 is 11.6 Å². The summed E-state index contributed by atoms with van der Waals surface area (Å²) in [6.07, 6.45) is 1.68. The van der Waals surface area contributed by atoms with Crippen LogP contribution in [0.1, 0.15) is 54.3 Å². The number of unbranched alkanes of at least 4 members (excludes halogenated alkanes) is 1. The summed E-state index contributed by atoms with van der Waals surface area (Å²) in [7, 11) is 1.62. The van der Waals surface area contributed by atoms with Gasteiger partial charge in [0, 0.05) is 12.7 Å². The maximum absolute atomic E-state index is 12.8. The fourth-order valence-electron chi connectivity index (χ4n) is 2.55. The lowest BCUT2D eigenvalue weighted by molar-refractivity contribution is 0.0728. The molecule has 26 heavy (non-hydrogen) atoms. The number of benzene rings is 2. The highest BCUT2D eigenvalue weighted by Gasteiger charge is 2.24. The SMILES string of the molecule is CCCCOc1cc(C(C)OC)c(Cl)c(C)c1C(=O)Oc1ccccc1. The van der Waals surface area contributed by atoms with Gasteiger partial charge in [0.05, 0.1) is 17.7 Å². The topological polar surface area (TPSA) is 44.8 Å². The Bertz CT molecular complexity index is 743. The minimum atomic E-state index is -0.487. The second kappa shape index (κ2) is 9.60. The van der Waals surface area contributed by atoms with Gasteiger partial charge in [-0.1, -0.05) is 43.1 Å². The molecule has 0 aliphatic carbocycles. The Kier molecular flexibility index (Phi) is 7.49. The third kappa shape index (κ3) is 4.77. The quantitative estimate of drug-likeness (QED) is 0.334. The van der Waals surface area contributed by atoms with Crippen molar-refractivity contribution < 1.29 is 19.0 Å². The molecule has 0 fully saturated rings. The van der Waals surface area contributed by atoms with Crippen molar-refractivity contribution in [1.82, 2.24) is 0 Å². The van der Waals surface area contributed by atoms with Crippen molar-refractivity contribution in [2.45, 2.75) is 39.7 Å². The molecule has 0 heterocycles. The molecule has 1 unspecified atom stereocenters. The maximum atomic E-state index is 12.8. The molecule has 0 aliphatic rings. The fraction of sp³-hybridized carbons (Fsp3) is 0.381. The van der Waals surface area contributed by atoms with Crippen LogP contribution in [-0.2, 0) is 4.74 Å². The molecular formula is C21H25ClO4. The number of rotatable bonds is 8. The largest absolute Gasteiger partial charge is 0.493 e. The van der Waals surface area contributed by atoms with Crippen LogP contribution in [0.15, 0.2) is 36.4 Å². The first kappa shape index (κ1) is 20.3. The lowest BCUT2D eigenvalue weighted by Gasteiger charge is -2.20. The highest BCUT2D eigenvalue weighted by Crippen LogP contribution is 2.37. The third-order valence-electron chi connectivity index (χ3n) is 4.20. The van der Waals surface area contributed by atoms with E-state index in [1.54, 1.807) is 32.2 Å². The molecule has 0 N–H and O–H groups in total. The number of ether oxygens (including phenoxy) is 3. The van der Waals surface area contributed by atoms with E-state index in [1.807, 2.05) is 25.1 Å². The highest BCUT2D eigenvalue weighted by molar-refractivity contribution is 6.32. The summed E-state index contributed by atoms with van der Waals surface area (Å²) in [4.78, 5) is 12.8.